The fraction of sp³-hybridized carbons (Fsp3) is 0.429. The summed E-state index contributed by atoms with van der Waals surface area (Å²) >= 11 is 0. The van der Waals surface area contributed by atoms with Crippen molar-refractivity contribution in [2.24, 2.45) is 0 Å². The fourth-order valence-electron chi connectivity index (χ4n) is 2.03. The maximum absolute atomic E-state index is 12.4. The summed E-state index contributed by atoms with van der Waals surface area (Å²) in [5.41, 5.74) is 0.989. The molecule has 0 atom stereocenters. The van der Waals surface area contributed by atoms with Gasteiger partial charge in [0.15, 0.2) is 6.61 Å². The highest BCUT2D eigenvalue weighted by Crippen LogP contribution is 2.28. The van der Waals surface area contributed by atoms with Gasteiger partial charge < -0.3 is 24.8 Å². The Morgan fingerprint density at radius 3 is 3.00 bits per heavy atom. The van der Waals surface area contributed by atoms with E-state index in [0.29, 0.717) is 30.2 Å². The van der Waals surface area contributed by atoms with Crippen LogP contribution in [0.25, 0.3) is 0 Å². The minimum atomic E-state index is -0.219. The molecule has 1 aromatic rings. The summed E-state index contributed by atoms with van der Waals surface area (Å²) in [5, 5.41) is 11.7. The summed E-state index contributed by atoms with van der Waals surface area (Å²) in [7, 11) is 1.55. The first-order chi connectivity index (χ1) is 10.2. The number of rotatable bonds is 6. The van der Waals surface area contributed by atoms with Crippen LogP contribution in [0.15, 0.2) is 18.2 Å². The zero-order chi connectivity index (χ0) is 15.2. The topological polar surface area (TPSA) is 88.1 Å². The third kappa shape index (κ3) is 3.71. The highest BCUT2D eigenvalue weighted by Gasteiger charge is 2.20. The van der Waals surface area contributed by atoms with E-state index in [1.54, 1.807) is 25.3 Å². The minimum absolute atomic E-state index is 0.0608. The lowest BCUT2D eigenvalue weighted by molar-refractivity contribution is -0.118. The van der Waals surface area contributed by atoms with E-state index < -0.39 is 0 Å². The van der Waals surface area contributed by atoms with Gasteiger partial charge in [-0.3, -0.25) is 9.59 Å². The van der Waals surface area contributed by atoms with Crippen LogP contribution in [0, 0.1) is 0 Å². The molecule has 0 fully saturated rings. The highest BCUT2D eigenvalue weighted by molar-refractivity contribution is 5.99. The van der Waals surface area contributed by atoms with Crippen LogP contribution in [-0.2, 0) is 9.53 Å². The molecule has 0 saturated heterocycles. The third-order valence-electron chi connectivity index (χ3n) is 3.08. The van der Waals surface area contributed by atoms with Crippen molar-refractivity contribution in [2.45, 2.75) is 0 Å². The second kappa shape index (κ2) is 7.05. The van der Waals surface area contributed by atoms with Crippen molar-refractivity contribution in [1.29, 1.82) is 0 Å². The Balaban J connectivity index is 2.16. The van der Waals surface area contributed by atoms with E-state index in [-0.39, 0.29) is 31.6 Å². The van der Waals surface area contributed by atoms with Crippen molar-refractivity contribution in [3.8, 4) is 5.75 Å². The van der Waals surface area contributed by atoms with Gasteiger partial charge in [-0.25, -0.2) is 0 Å². The Hall–Kier alpha value is -2.12. The molecule has 0 spiro atoms. The average molecular weight is 294 g/mol. The van der Waals surface area contributed by atoms with Crippen LogP contribution in [0.3, 0.4) is 0 Å². The van der Waals surface area contributed by atoms with Crippen LogP contribution < -0.4 is 10.1 Å². The lowest BCUT2D eigenvalue weighted by Crippen LogP contribution is -2.36. The molecule has 2 amide bonds. The summed E-state index contributed by atoms with van der Waals surface area (Å²) < 4.78 is 10.2. The van der Waals surface area contributed by atoms with Gasteiger partial charge in [0, 0.05) is 25.8 Å². The van der Waals surface area contributed by atoms with Crippen LogP contribution in [0.4, 0.5) is 5.69 Å². The molecule has 1 heterocycles. The van der Waals surface area contributed by atoms with Crippen molar-refractivity contribution >= 4 is 17.5 Å². The van der Waals surface area contributed by atoms with Crippen molar-refractivity contribution in [3.05, 3.63) is 23.8 Å². The maximum Gasteiger partial charge on any atom is 0.262 e. The second-order valence-corrected chi connectivity index (χ2v) is 4.56. The highest BCUT2D eigenvalue weighted by atomic mass is 16.5. The van der Waals surface area contributed by atoms with E-state index in [1.165, 1.54) is 4.90 Å². The lowest BCUT2D eigenvalue weighted by Gasteiger charge is -2.23. The number of amides is 2. The molecule has 0 radical (unpaired) electrons. The molecule has 0 saturated carbocycles. The zero-order valence-electron chi connectivity index (χ0n) is 11.8. The number of nitrogens with one attached hydrogen (secondary N) is 1. The number of hydrogen-bond acceptors (Lipinski definition) is 5. The number of ether oxygens (including phenoxy) is 2. The number of anilines is 1. The van der Waals surface area contributed by atoms with Gasteiger partial charge in [0.25, 0.3) is 11.8 Å². The molecule has 2 N–H and O–H groups in total. The van der Waals surface area contributed by atoms with E-state index in [9.17, 15) is 9.59 Å². The standard InChI is InChI=1S/C14H18N2O5/c1-20-7-5-16(4-6-17)14(19)10-2-3-11-12(8-10)21-9-13(18)15-11/h2-3,8,17H,4-7,9H2,1H3,(H,15,18). The average Bonchev–Trinajstić information content (AvgIpc) is 2.50. The molecule has 1 aliphatic rings. The first kappa shape index (κ1) is 15.3. The molecule has 7 nitrogen and oxygen atoms in total. The van der Waals surface area contributed by atoms with Crippen molar-refractivity contribution in [3.63, 3.8) is 0 Å². The number of benzene rings is 1. The Morgan fingerprint density at radius 1 is 1.48 bits per heavy atom. The number of nitrogens with zero attached hydrogens (tertiary/aromatic N) is 1. The molecule has 1 aromatic carbocycles. The summed E-state index contributed by atoms with van der Waals surface area (Å²) in [6, 6.07) is 4.84. The Kier molecular flexibility index (Phi) is 5.13. The van der Waals surface area contributed by atoms with Gasteiger partial charge in [-0.1, -0.05) is 0 Å². The van der Waals surface area contributed by atoms with E-state index in [4.69, 9.17) is 14.6 Å². The predicted molar refractivity (Wildman–Crippen MR) is 75.4 cm³/mol. The normalized spacial score (nSPS) is 13.1. The lowest BCUT2D eigenvalue weighted by atomic mass is 10.1. The predicted octanol–water partition coefficient (Wildman–Crippen LogP) is 0.0984. The van der Waals surface area contributed by atoms with Crippen LogP contribution in [0.1, 0.15) is 10.4 Å². The van der Waals surface area contributed by atoms with E-state index >= 15 is 0 Å². The number of fused-ring (bicyclic) bond motifs is 1. The summed E-state index contributed by atoms with van der Waals surface area (Å²) in [6.45, 7) is 0.840. The van der Waals surface area contributed by atoms with Crippen molar-refractivity contribution in [1.82, 2.24) is 4.90 Å². The van der Waals surface area contributed by atoms with Crippen LogP contribution in [0.5, 0.6) is 5.75 Å². The molecule has 1 aliphatic heterocycles. The zero-order valence-corrected chi connectivity index (χ0v) is 11.8. The number of aliphatic hydroxyl groups excluding tert-OH is 1. The van der Waals surface area contributed by atoms with Crippen molar-refractivity contribution < 1.29 is 24.2 Å². The summed E-state index contributed by atoms with van der Waals surface area (Å²) in [5.74, 6) is 0.0316. The summed E-state index contributed by atoms with van der Waals surface area (Å²) in [6.07, 6.45) is 0. The third-order valence-corrected chi connectivity index (χ3v) is 3.08. The van der Waals surface area contributed by atoms with Crippen molar-refractivity contribution in [2.75, 3.05) is 45.3 Å². The molecule has 0 aromatic heterocycles. The molecule has 0 aliphatic carbocycles. The number of methoxy groups -OCH3 is 1. The largest absolute Gasteiger partial charge is 0.482 e. The number of carbonyl (C=O) groups excluding carboxylic acids is 2. The molecular formula is C14H18N2O5. The van der Waals surface area contributed by atoms with E-state index in [1.807, 2.05) is 0 Å². The first-order valence-electron chi connectivity index (χ1n) is 6.61. The van der Waals surface area contributed by atoms with E-state index in [0.717, 1.165) is 0 Å². The SMILES string of the molecule is COCCN(CCO)C(=O)c1ccc2c(c1)OCC(=O)N2. The Bertz CT molecular complexity index is 532. The fourth-order valence-corrected chi connectivity index (χ4v) is 2.03. The number of carbonyl (C=O) groups is 2. The molecular weight excluding hydrogens is 276 g/mol. The number of hydrogen-bond donors (Lipinski definition) is 2. The first-order valence-corrected chi connectivity index (χ1v) is 6.61. The van der Waals surface area contributed by atoms with Gasteiger partial charge in [0.05, 0.1) is 18.9 Å². The van der Waals surface area contributed by atoms with Crippen LogP contribution >= 0.6 is 0 Å². The van der Waals surface area contributed by atoms with Gasteiger partial charge >= 0.3 is 0 Å². The molecule has 7 heteroatoms. The monoisotopic (exact) mass is 294 g/mol. The van der Waals surface area contributed by atoms with Gasteiger partial charge in [-0.2, -0.15) is 0 Å². The molecule has 2 rings (SSSR count). The van der Waals surface area contributed by atoms with Gasteiger partial charge in [0.2, 0.25) is 0 Å². The number of aliphatic hydroxyl groups is 1. The smallest absolute Gasteiger partial charge is 0.262 e. The van der Waals surface area contributed by atoms with E-state index in [2.05, 4.69) is 5.32 Å². The Morgan fingerprint density at radius 2 is 2.29 bits per heavy atom. The molecule has 21 heavy (non-hydrogen) atoms. The minimum Gasteiger partial charge on any atom is -0.482 e. The van der Waals surface area contributed by atoms with Gasteiger partial charge in [-0.05, 0) is 18.2 Å². The molecule has 0 bridgehead atoms. The maximum atomic E-state index is 12.4. The molecule has 114 valence electrons. The van der Waals surface area contributed by atoms with Gasteiger partial charge in [-0.15, -0.1) is 0 Å². The van der Waals surface area contributed by atoms with Crippen LogP contribution in [0.2, 0.25) is 0 Å². The molecule has 0 unspecified atom stereocenters. The summed E-state index contributed by atoms with van der Waals surface area (Å²) in [4.78, 5) is 25.1. The van der Waals surface area contributed by atoms with Crippen LogP contribution in [-0.4, -0.2) is 61.8 Å². The quantitative estimate of drug-likeness (QED) is 0.777. The van der Waals surface area contributed by atoms with Gasteiger partial charge in [0.1, 0.15) is 5.75 Å². The Labute approximate surface area is 122 Å². The second-order valence-electron chi connectivity index (χ2n) is 4.56.